The quantitative estimate of drug-likeness (QED) is 0.886. The Hall–Kier alpha value is -1.56. The summed E-state index contributed by atoms with van der Waals surface area (Å²) < 4.78 is 0.848. The summed E-state index contributed by atoms with van der Waals surface area (Å²) in [4.78, 5) is 27.8. The highest BCUT2D eigenvalue weighted by atomic mass is 79.9. The lowest BCUT2D eigenvalue weighted by molar-refractivity contribution is 0.0664. The number of hydrogen-bond acceptors (Lipinski definition) is 2. The van der Waals surface area contributed by atoms with Gasteiger partial charge in [-0.1, -0.05) is 12.1 Å². The van der Waals surface area contributed by atoms with Crippen LogP contribution in [0.25, 0.3) is 0 Å². The summed E-state index contributed by atoms with van der Waals surface area (Å²) in [5, 5.41) is 2.78. The first-order valence-corrected chi connectivity index (χ1v) is 7.91. The van der Waals surface area contributed by atoms with Gasteiger partial charge in [0.2, 0.25) is 0 Å². The number of aryl methyl sites for hydroxylation is 1. The minimum atomic E-state index is -0.0543. The molecule has 0 aliphatic carbocycles. The standard InChI is InChI=1S/C15H20BrN3O2/c1-3-17-15(21)19-9-7-18(8-10-19)14(20)12-6-4-5-11(2)13(12)16/h4-6H,3,7-10H2,1-2H3,(H,17,21). The molecule has 1 N–H and O–H groups in total. The first-order valence-electron chi connectivity index (χ1n) is 7.11. The lowest BCUT2D eigenvalue weighted by atomic mass is 10.1. The molecule has 1 aromatic rings. The Balaban J connectivity index is 2.00. The van der Waals surface area contributed by atoms with E-state index in [0.29, 0.717) is 38.3 Å². The number of nitrogens with zero attached hydrogens (tertiary/aromatic N) is 2. The van der Waals surface area contributed by atoms with Crippen molar-refractivity contribution in [3.8, 4) is 0 Å². The van der Waals surface area contributed by atoms with E-state index >= 15 is 0 Å². The SMILES string of the molecule is CCNC(=O)N1CCN(C(=O)c2cccc(C)c2Br)CC1. The molecule has 1 aliphatic heterocycles. The summed E-state index contributed by atoms with van der Waals surface area (Å²) in [6.45, 7) is 6.75. The van der Waals surface area contributed by atoms with Crippen LogP contribution in [0.15, 0.2) is 22.7 Å². The fourth-order valence-corrected chi connectivity index (χ4v) is 2.79. The highest BCUT2D eigenvalue weighted by Crippen LogP contribution is 2.23. The third kappa shape index (κ3) is 3.56. The summed E-state index contributed by atoms with van der Waals surface area (Å²) in [6.07, 6.45) is 0. The second kappa shape index (κ2) is 6.93. The molecule has 1 aromatic carbocycles. The third-order valence-corrected chi connectivity index (χ3v) is 4.66. The summed E-state index contributed by atoms with van der Waals surface area (Å²) in [5.74, 6) is 0.0149. The van der Waals surface area contributed by atoms with Gasteiger partial charge in [0.25, 0.3) is 5.91 Å². The van der Waals surface area contributed by atoms with Crippen LogP contribution in [0.5, 0.6) is 0 Å². The first-order chi connectivity index (χ1) is 10.0. The molecule has 2 rings (SSSR count). The molecule has 5 nitrogen and oxygen atoms in total. The minimum absolute atomic E-state index is 0.0149. The molecule has 0 aromatic heterocycles. The number of benzene rings is 1. The number of rotatable bonds is 2. The molecule has 0 spiro atoms. The third-order valence-electron chi connectivity index (χ3n) is 3.60. The Morgan fingerprint density at radius 1 is 1.19 bits per heavy atom. The van der Waals surface area contributed by atoms with Gasteiger partial charge in [-0.25, -0.2) is 4.79 Å². The Labute approximate surface area is 133 Å². The number of amides is 3. The van der Waals surface area contributed by atoms with Gasteiger partial charge in [-0.05, 0) is 41.4 Å². The highest BCUT2D eigenvalue weighted by Gasteiger charge is 2.25. The van der Waals surface area contributed by atoms with Gasteiger partial charge in [0, 0.05) is 37.2 Å². The largest absolute Gasteiger partial charge is 0.338 e. The number of urea groups is 1. The van der Waals surface area contributed by atoms with Crippen LogP contribution >= 0.6 is 15.9 Å². The molecule has 1 heterocycles. The minimum Gasteiger partial charge on any atom is -0.338 e. The van der Waals surface area contributed by atoms with Gasteiger partial charge >= 0.3 is 6.03 Å². The van der Waals surface area contributed by atoms with Crippen LogP contribution in [0.3, 0.4) is 0 Å². The fraction of sp³-hybridized carbons (Fsp3) is 0.467. The van der Waals surface area contributed by atoms with Gasteiger partial charge in [-0.15, -0.1) is 0 Å². The van der Waals surface area contributed by atoms with Crippen molar-refractivity contribution in [3.63, 3.8) is 0 Å². The number of piperazine rings is 1. The van der Waals surface area contributed by atoms with Crippen molar-refractivity contribution in [2.45, 2.75) is 13.8 Å². The highest BCUT2D eigenvalue weighted by molar-refractivity contribution is 9.10. The van der Waals surface area contributed by atoms with Gasteiger partial charge in [0.05, 0.1) is 5.56 Å². The zero-order valence-electron chi connectivity index (χ0n) is 12.4. The Morgan fingerprint density at radius 2 is 1.81 bits per heavy atom. The van der Waals surface area contributed by atoms with Crippen molar-refractivity contribution in [3.05, 3.63) is 33.8 Å². The molecular formula is C15H20BrN3O2. The van der Waals surface area contributed by atoms with E-state index in [1.165, 1.54) is 0 Å². The molecule has 114 valence electrons. The molecule has 0 unspecified atom stereocenters. The van der Waals surface area contributed by atoms with Crippen LogP contribution in [-0.4, -0.2) is 54.5 Å². The lowest BCUT2D eigenvalue weighted by Crippen LogP contribution is -2.53. The van der Waals surface area contributed by atoms with Crippen LogP contribution in [0, 0.1) is 6.92 Å². The van der Waals surface area contributed by atoms with Gasteiger partial charge in [0.1, 0.15) is 0 Å². The van der Waals surface area contributed by atoms with Gasteiger partial charge < -0.3 is 15.1 Å². The molecule has 0 radical (unpaired) electrons. The van der Waals surface area contributed by atoms with Crippen LogP contribution in [0.1, 0.15) is 22.8 Å². The van der Waals surface area contributed by atoms with Crippen molar-refractivity contribution >= 4 is 27.9 Å². The summed E-state index contributed by atoms with van der Waals surface area (Å²) in [6, 6.07) is 5.63. The second-order valence-electron chi connectivity index (χ2n) is 5.05. The van der Waals surface area contributed by atoms with E-state index in [9.17, 15) is 9.59 Å². The fourth-order valence-electron chi connectivity index (χ4n) is 2.36. The van der Waals surface area contributed by atoms with E-state index in [-0.39, 0.29) is 11.9 Å². The molecule has 3 amide bonds. The first kappa shape index (κ1) is 15.8. The van der Waals surface area contributed by atoms with Crippen LogP contribution in [-0.2, 0) is 0 Å². The maximum absolute atomic E-state index is 12.6. The van der Waals surface area contributed by atoms with Crippen LogP contribution in [0.2, 0.25) is 0 Å². The normalized spacial score (nSPS) is 15.0. The molecule has 0 bridgehead atoms. The van der Waals surface area contributed by atoms with E-state index in [4.69, 9.17) is 0 Å². The van der Waals surface area contributed by atoms with Crippen molar-refractivity contribution < 1.29 is 9.59 Å². The molecule has 0 saturated carbocycles. The maximum Gasteiger partial charge on any atom is 0.317 e. The van der Waals surface area contributed by atoms with Gasteiger partial charge in [-0.2, -0.15) is 0 Å². The van der Waals surface area contributed by atoms with Crippen molar-refractivity contribution in [1.29, 1.82) is 0 Å². The Bertz CT molecular complexity index is 540. The maximum atomic E-state index is 12.6. The average Bonchev–Trinajstić information content (AvgIpc) is 2.50. The molecular weight excluding hydrogens is 334 g/mol. The van der Waals surface area contributed by atoms with E-state index in [1.54, 1.807) is 9.80 Å². The molecule has 6 heteroatoms. The molecule has 0 atom stereocenters. The molecule has 1 fully saturated rings. The van der Waals surface area contributed by atoms with Crippen molar-refractivity contribution in [1.82, 2.24) is 15.1 Å². The molecule has 1 aliphatic rings. The number of hydrogen-bond donors (Lipinski definition) is 1. The van der Waals surface area contributed by atoms with E-state index in [0.717, 1.165) is 10.0 Å². The smallest absolute Gasteiger partial charge is 0.317 e. The topological polar surface area (TPSA) is 52.7 Å². The predicted octanol–water partition coefficient (Wildman–Crippen LogP) is 2.24. The Morgan fingerprint density at radius 3 is 2.43 bits per heavy atom. The zero-order chi connectivity index (χ0) is 15.4. The number of carbonyl (C=O) groups excluding carboxylic acids is 2. The van der Waals surface area contributed by atoms with Crippen molar-refractivity contribution in [2.75, 3.05) is 32.7 Å². The van der Waals surface area contributed by atoms with Gasteiger partial charge in [-0.3, -0.25) is 4.79 Å². The molecule has 21 heavy (non-hydrogen) atoms. The number of halogens is 1. The summed E-state index contributed by atoms with van der Waals surface area (Å²) >= 11 is 3.48. The number of carbonyl (C=O) groups is 2. The zero-order valence-corrected chi connectivity index (χ0v) is 13.9. The van der Waals surface area contributed by atoms with E-state index in [2.05, 4.69) is 21.2 Å². The monoisotopic (exact) mass is 353 g/mol. The average molecular weight is 354 g/mol. The lowest BCUT2D eigenvalue weighted by Gasteiger charge is -2.34. The predicted molar refractivity (Wildman–Crippen MR) is 85.4 cm³/mol. The molecule has 1 saturated heterocycles. The van der Waals surface area contributed by atoms with Crippen molar-refractivity contribution in [2.24, 2.45) is 0 Å². The van der Waals surface area contributed by atoms with Crippen LogP contribution in [0.4, 0.5) is 4.79 Å². The van der Waals surface area contributed by atoms with Crippen LogP contribution < -0.4 is 5.32 Å². The van der Waals surface area contributed by atoms with Gasteiger partial charge in [0.15, 0.2) is 0 Å². The second-order valence-corrected chi connectivity index (χ2v) is 5.84. The summed E-state index contributed by atoms with van der Waals surface area (Å²) in [5.41, 5.74) is 1.73. The number of nitrogens with one attached hydrogen (secondary N) is 1. The summed E-state index contributed by atoms with van der Waals surface area (Å²) in [7, 11) is 0. The van der Waals surface area contributed by atoms with E-state index in [1.807, 2.05) is 32.0 Å². The van der Waals surface area contributed by atoms with E-state index < -0.39 is 0 Å². The Kier molecular flexibility index (Phi) is 5.22.